The number of hydrogen-bond acceptors (Lipinski definition) is 3. The van der Waals surface area contributed by atoms with Crippen LogP contribution in [-0.2, 0) is 0 Å². The molecule has 0 aliphatic carbocycles. The normalized spacial score (nSPS) is 22.8. The van der Waals surface area contributed by atoms with Gasteiger partial charge in [-0.15, -0.1) is 0 Å². The van der Waals surface area contributed by atoms with Crippen LogP contribution in [0.1, 0.15) is 25.7 Å². The molecule has 2 aliphatic rings. The number of nitrogens with two attached hydrogens (primary N) is 1. The standard InChI is InChI=1S/C6H14N2.C4H9N/c7-3-6-8-4-1-2-5-8;1-2-4-5-3-1/h1-7H2;5H,1-4H2. The summed E-state index contributed by atoms with van der Waals surface area (Å²) in [4.78, 5) is 2.42. The molecule has 0 aromatic carbocycles. The van der Waals surface area contributed by atoms with Gasteiger partial charge in [-0.3, -0.25) is 0 Å². The van der Waals surface area contributed by atoms with Crippen molar-refractivity contribution in [1.29, 1.82) is 0 Å². The van der Waals surface area contributed by atoms with E-state index < -0.39 is 0 Å². The molecule has 0 unspecified atom stereocenters. The first kappa shape index (κ1) is 11.0. The largest absolute Gasteiger partial charge is 0.329 e. The minimum Gasteiger partial charge on any atom is -0.329 e. The molecule has 3 nitrogen and oxygen atoms in total. The molecule has 2 aliphatic heterocycles. The van der Waals surface area contributed by atoms with Gasteiger partial charge in [0.05, 0.1) is 0 Å². The molecule has 0 aromatic rings. The van der Waals surface area contributed by atoms with Gasteiger partial charge in [0.15, 0.2) is 0 Å². The molecule has 0 saturated carbocycles. The Morgan fingerprint density at radius 3 is 2.00 bits per heavy atom. The molecule has 2 saturated heterocycles. The first-order valence-electron chi connectivity index (χ1n) is 5.56. The van der Waals surface area contributed by atoms with Crippen LogP contribution in [0, 0.1) is 0 Å². The third-order valence-corrected chi connectivity index (χ3v) is 2.60. The molecule has 3 heteroatoms. The lowest BCUT2D eigenvalue weighted by Crippen LogP contribution is -2.26. The maximum absolute atomic E-state index is 5.37. The summed E-state index contributed by atoms with van der Waals surface area (Å²) in [5, 5.41) is 3.22. The second-order valence-electron chi connectivity index (χ2n) is 3.79. The van der Waals surface area contributed by atoms with Crippen LogP contribution >= 0.6 is 0 Å². The van der Waals surface area contributed by atoms with E-state index in [9.17, 15) is 0 Å². The third kappa shape index (κ3) is 5.24. The van der Waals surface area contributed by atoms with Gasteiger partial charge in [-0.1, -0.05) is 0 Å². The zero-order valence-corrected chi connectivity index (χ0v) is 8.60. The molecule has 0 radical (unpaired) electrons. The van der Waals surface area contributed by atoms with E-state index in [2.05, 4.69) is 10.2 Å². The highest BCUT2D eigenvalue weighted by molar-refractivity contribution is 4.65. The summed E-state index contributed by atoms with van der Waals surface area (Å²) in [5.41, 5.74) is 5.37. The Balaban J connectivity index is 0.000000145. The molecule has 2 rings (SSSR count). The molecule has 0 spiro atoms. The predicted molar refractivity (Wildman–Crippen MR) is 56.8 cm³/mol. The average molecular weight is 185 g/mol. The van der Waals surface area contributed by atoms with Crippen molar-refractivity contribution in [2.45, 2.75) is 25.7 Å². The lowest BCUT2D eigenvalue weighted by molar-refractivity contribution is 0.349. The van der Waals surface area contributed by atoms with E-state index in [4.69, 9.17) is 5.73 Å². The SMILES string of the molecule is C1CCNC1.NCCN1CCCC1. The lowest BCUT2D eigenvalue weighted by atomic mass is 10.4. The lowest BCUT2D eigenvalue weighted by Gasteiger charge is -2.11. The second-order valence-corrected chi connectivity index (χ2v) is 3.79. The average Bonchev–Trinajstić information content (AvgIpc) is 2.79. The van der Waals surface area contributed by atoms with Crippen molar-refractivity contribution >= 4 is 0 Å². The number of nitrogens with one attached hydrogen (secondary N) is 1. The molecule has 0 bridgehead atoms. The summed E-state index contributed by atoms with van der Waals surface area (Å²) in [7, 11) is 0. The fourth-order valence-corrected chi connectivity index (χ4v) is 1.81. The maximum Gasteiger partial charge on any atom is 0.0105 e. The molecule has 0 aromatic heterocycles. The zero-order valence-electron chi connectivity index (χ0n) is 8.60. The first-order valence-corrected chi connectivity index (χ1v) is 5.56. The van der Waals surface area contributed by atoms with Crippen LogP contribution in [0.4, 0.5) is 0 Å². The summed E-state index contributed by atoms with van der Waals surface area (Å²) in [6, 6.07) is 0. The van der Waals surface area contributed by atoms with E-state index >= 15 is 0 Å². The Hall–Kier alpha value is -0.120. The van der Waals surface area contributed by atoms with Gasteiger partial charge in [0, 0.05) is 13.1 Å². The third-order valence-electron chi connectivity index (χ3n) is 2.60. The first-order chi connectivity index (χ1) is 6.43. The van der Waals surface area contributed by atoms with E-state index in [0.29, 0.717) is 0 Å². The highest BCUT2D eigenvalue weighted by Crippen LogP contribution is 2.04. The van der Waals surface area contributed by atoms with Crippen molar-refractivity contribution in [2.24, 2.45) is 5.73 Å². The molecule has 78 valence electrons. The monoisotopic (exact) mass is 185 g/mol. The smallest absolute Gasteiger partial charge is 0.0105 e. The highest BCUT2D eigenvalue weighted by atomic mass is 15.1. The van der Waals surface area contributed by atoms with Gasteiger partial charge in [-0.25, -0.2) is 0 Å². The Labute approximate surface area is 81.7 Å². The topological polar surface area (TPSA) is 41.3 Å². The van der Waals surface area contributed by atoms with Gasteiger partial charge in [0.2, 0.25) is 0 Å². The number of nitrogens with zero attached hydrogens (tertiary/aromatic N) is 1. The minimum absolute atomic E-state index is 0.819. The van der Waals surface area contributed by atoms with Gasteiger partial charge in [0.1, 0.15) is 0 Å². The summed E-state index contributed by atoms with van der Waals surface area (Å²) >= 11 is 0. The van der Waals surface area contributed by atoms with Crippen LogP contribution in [0.25, 0.3) is 0 Å². The molecule has 2 fully saturated rings. The molecule has 0 atom stereocenters. The number of rotatable bonds is 2. The number of likely N-dealkylation sites (tertiary alicyclic amines) is 1. The van der Waals surface area contributed by atoms with Crippen LogP contribution in [-0.4, -0.2) is 44.2 Å². The molecular weight excluding hydrogens is 162 g/mol. The predicted octanol–water partition coefficient (Wildman–Crippen LogP) is 0.411. The summed E-state index contributed by atoms with van der Waals surface area (Å²) in [6.07, 6.45) is 5.53. The van der Waals surface area contributed by atoms with E-state index in [0.717, 1.165) is 13.1 Å². The fraction of sp³-hybridized carbons (Fsp3) is 1.00. The van der Waals surface area contributed by atoms with Crippen LogP contribution in [0.5, 0.6) is 0 Å². The quantitative estimate of drug-likeness (QED) is 0.655. The van der Waals surface area contributed by atoms with Crippen LogP contribution in [0.2, 0.25) is 0 Å². The summed E-state index contributed by atoms with van der Waals surface area (Å²) < 4.78 is 0. The molecule has 0 amide bonds. The summed E-state index contributed by atoms with van der Waals surface area (Å²) in [5.74, 6) is 0. The zero-order chi connectivity index (χ0) is 9.36. The van der Waals surface area contributed by atoms with Crippen molar-refractivity contribution < 1.29 is 0 Å². The van der Waals surface area contributed by atoms with Crippen LogP contribution in [0.15, 0.2) is 0 Å². The Kier molecular flexibility index (Phi) is 6.15. The van der Waals surface area contributed by atoms with Gasteiger partial charge < -0.3 is 16.0 Å². The van der Waals surface area contributed by atoms with Gasteiger partial charge in [-0.05, 0) is 51.9 Å². The van der Waals surface area contributed by atoms with E-state index in [1.165, 1.54) is 51.9 Å². The molecule has 3 N–H and O–H groups in total. The van der Waals surface area contributed by atoms with Crippen LogP contribution in [0.3, 0.4) is 0 Å². The van der Waals surface area contributed by atoms with Crippen molar-refractivity contribution in [2.75, 3.05) is 39.3 Å². The van der Waals surface area contributed by atoms with E-state index in [1.54, 1.807) is 0 Å². The van der Waals surface area contributed by atoms with Gasteiger partial charge in [0.25, 0.3) is 0 Å². The highest BCUT2D eigenvalue weighted by Gasteiger charge is 2.08. The Bertz CT molecular complexity index is 99.1. The molecule has 2 heterocycles. The maximum atomic E-state index is 5.37. The van der Waals surface area contributed by atoms with E-state index in [1.807, 2.05) is 0 Å². The van der Waals surface area contributed by atoms with Crippen molar-refractivity contribution in [3.05, 3.63) is 0 Å². The second kappa shape index (κ2) is 7.30. The van der Waals surface area contributed by atoms with Gasteiger partial charge in [-0.2, -0.15) is 0 Å². The van der Waals surface area contributed by atoms with Crippen LogP contribution < -0.4 is 11.1 Å². The van der Waals surface area contributed by atoms with E-state index in [-0.39, 0.29) is 0 Å². The van der Waals surface area contributed by atoms with Crippen molar-refractivity contribution in [1.82, 2.24) is 10.2 Å². The van der Waals surface area contributed by atoms with Crippen molar-refractivity contribution in [3.8, 4) is 0 Å². The minimum atomic E-state index is 0.819. The van der Waals surface area contributed by atoms with Gasteiger partial charge >= 0.3 is 0 Å². The summed E-state index contributed by atoms with van der Waals surface area (Å²) in [6.45, 7) is 6.97. The number of hydrogen-bond donors (Lipinski definition) is 2. The molecular formula is C10H23N3. The molecule has 13 heavy (non-hydrogen) atoms. The Morgan fingerprint density at radius 2 is 1.62 bits per heavy atom. The Morgan fingerprint density at radius 1 is 1.00 bits per heavy atom. The van der Waals surface area contributed by atoms with Crippen molar-refractivity contribution in [3.63, 3.8) is 0 Å². The fourth-order valence-electron chi connectivity index (χ4n) is 1.81.